The third-order valence-electron chi connectivity index (χ3n) is 3.45. The van der Waals surface area contributed by atoms with E-state index in [0.717, 1.165) is 29.8 Å². The molecule has 1 rings (SSSR count). The third kappa shape index (κ3) is 3.57. The van der Waals surface area contributed by atoms with Crippen molar-refractivity contribution in [2.45, 2.75) is 39.8 Å². The Hall–Kier alpha value is -1.35. The highest BCUT2D eigenvalue weighted by atomic mass is 16.5. The lowest BCUT2D eigenvalue weighted by molar-refractivity contribution is 0.101. The zero-order chi connectivity index (χ0) is 13.7. The van der Waals surface area contributed by atoms with E-state index in [1.807, 2.05) is 18.2 Å². The SMILES string of the molecule is CCC(C)N(C)Cc1cc(C(C)=O)ccc1OC. The summed E-state index contributed by atoms with van der Waals surface area (Å²) in [4.78, 5) is 13.7. The summed E-state index contributed by atoms with van der Waals surface area (Å²) in [6.45, 7) is 6.75. The molecule has 0 N–H and O–H groups in total. The summed E-state index contributed by atoms with van der Waals surface area (Å²) in [5.74, 6) is 0.931. The minimum atomic E-state index is 0.0881. The van der Waals surface area contributed by atoms with Crippen LogP contribution in [0.1, 0.15) is 43.1 Å². The minimum absolute atomic E-state index is 0.0881. The molecule has 1 atom stereocenters. The Kier molecular flexibility index (Phi) is 5.35. The van der Waals surface area contributed by atoms with Crippen LogP contribution in [0.4, 0.5) is 0 Å². The Balaban J connectivity index is 2.97. The van der Waals surface area contributed by atoms with Crippen LogP contribution in [0.2, 0.25) is 0 Å². The lowest BCUT2D eigenvalue weighted by Gasteiger charge is -2.24. The summed E-state index contributed by atoms with van der Waals surface area (Å²) in [7, 11) is 3.75. The molecule has 1 unspecified atom stereocenters. The molecule has 3 nitrogen and oxygen atoms in total. The average Bonchev–Trinajstić information content (AvgIpc) is 2.37. The van der Waals surface area contributed by atoms with Gasteiger partial charge < -0.3 is 4.74 Å². The fourth-order valence-electron chi connectivity index (χ4n) is 1.86. The molecule has 0 fully saturated rings. The van der Waals surface area contributed by atoms with Crippen LogP contribution in [0.5, 0.6) is 5.75 Å². The topological polar surface area (TPSA) is 29.5 Å². The molecule has 18 heavy (non-hydrogen) atoms. The van der Waals surface area contributed by atoms with Gasteiger partial charge in [-0.1, -0.05) is 6.92 Å². The molecule has 3 heteroatoms. The van der Waals surface area contributed by atoms with Gasteiger partial charge in [0.05, 0.1) is 7.11 Å². The lowest BCUT2D eigenvalue weighted by atomic mass is 10.1. The first-order valence-corrected chi connectivity index (χ1v) is 6.37. The largest absolute Gasteiger partial charge is 0.496 e. The van der Waals surface area contributed by atoms with Crippen molar-refractivity contribution >= 4 is 5.78 Å². The summed E-state index contributed by atoms with van der Waals surface area (Å²) in [5, 5.41) is 0. The van der Waals surface area contributed by atoms with E-state index in [2.05, 4.69) is 25.8 Å². The van der Waals surface area contributed by atoms with Crippen LogP contribution >= 0.6 is 0 Å². The fraction of sp³-hybridized carbons (Fsp3) is 0.533. The van der Waals surface area contributed by atoms with Crippen molar-refractivity contribution in [2.24, 2.45) is 0 Å². The Morgan fingerprint density at radius 3 is 2.61 bits per heavy atom. The number of rotatable bonds is 6. The molecule has 0 amide bonds. The second kappa shape index (κ2) is 6.55. The van der Waals surface area contributed by atoms with Gasteiger partial charge in [-0.05, 0) is 45.5 Å². The third-order valence-corrected chi connectivity index (χ3v) is 3.45. The molecule has 1 aromatic carbocycles. The predicted molar refractivity (Wildman–Crippen MR) is 74.2 cm³/mol. The smallest absolute Gasteiger partial charge is 0.159 e. The van der Waals surface area contributed by atoms with E-state index in [1.54, 1.807) is 14.0 Å². The monoisotopic (exact) mass is 249 g/mol. The summed E-state index contributed by atoms with van der Waals surface area (Å²) >= 11 is 0. The van der Waals surface area contributed by atoms with E-state index in [-0.39, 0.29) is 5.78 Å². The molecule has 0 saturated carbocycles. The Labute approximate surface area is 110 Å². The maximum Gasteiger partial charge on any atom is 0.159 e. The zero-order valence-corrected chi connectivity index (χ0v) is 12.0. The summed E-state index contributed by atoms with van der Waals surface area (Å²) in [6, 6.07) is 6.13. The number of benzene rings is 1. The molecule has 1 aromatic rings. The van der Waals surface area contributed by atoms with E-state index in [9.17, 15) is 4.79 Å². The molecule has 0 bridgehead atoms. The number of ether oxygens (including phenoxy) is 1. The van der Waals surface area contributed by atoms with Crippen LogP contribution in [0.25, 0.3) is 0 Å². The number of hydrogen-bond acceptors (Lipinski definition) is 3. The molecule has 0 aliphatic heterocycles. The highest BCUT2D eigenvalue weighted by Gasteiger charge is 2.12. The van der Waals surface area contributed by atoms with Crippen molar-refractivity contribution in [3.8, 4) is 5.75 Å². The van der Waals surface area contributed by atoms with Gasteiger partial charge in [0, 0.05) is 23.7 Å². The van der Waals surface area contributed by atoms with Gasteiger partial charge in [-0.2, -0.15) is 0 Å². The van der Waals surface area contributed by atoms with Crippen molar-refractivity contribution < 1.29 is 9.53 Å². The molecule has 0 heterocycles. The molecule has 0 radical (unpaired) electrons. The Morgan fingerprint density at radius 1 is 1.44 bits per heavy atom. The maximum absolute atomic E-state index is 11.4. The normalized spacial score (nSPS) is 12.6. The second-order valence-corrected chi connectivity index (χ2v) is 4.76. The summed E-state index contributed by atoms with van der Waals surface area (Å²) in [6.07, 6.45) is 1.10. The highest BCUT2D eigenvalue weighted by molar-refractivity contribution is 5.94. The van der Waals surface area contributed by atoms with E-state index in [1.165, 1.54) is 0 Å². The summed E-state index contributed by atoms with van der Waals surface area (Å²) < 4.78 is 5.36. The number of carbonyl (C=O) groups is 1. The summed E-state index contributed by atoms with van der Waals surface area (Å²) in [5.41, 5.74) is 1.80. The van der Waals surface area contributed by atoms with Crippen LogP contribution < -0.4 is 4.74 Å². The fourth-order valence-corrected chi connectivity index (χ4v) is 1.86. The van der Waals surface area contributed by atoms with Crippen LogP contribution in [0.15, 0.2) is 18.2 Å². The molecule has 0 saturated heterocycles. The molecule has 0 aliphatic carbocycles. The molecule has 0 aliphatic rings. The first kappa shape index (κ1) is 14.7. The van der Waals surface area contributed by atoms with Crippen molar-refractivity contribution in [1.82, 2.24) is 4.90 Å². The Bertz CT molecular complexity index is 415. The van der Waals surface area contributed by atoms with Crippen LogP contribution in [0, 0.1) is 0 Å². The maximum atomic E-state index is 11.4. The highest BCUT2D eigenvalue weighted by Crippen LogP contribution is 2.22. The van der Waals surface area contributed by atoms with Crippen LogP contribution in [-0.4, -0.2) is 30.9 Å². The quantitative estimate of drug-likeness (QED) is 0.725. The number of ketones is 1. The lowest BCUT2D eigenvalue weighted by Crippen LogP contribution is -2.28. The molecule has 100 valence electrons. The average molecular weight is 249 g/mol. The van der Waals surface area contributed by atoms with Gasteiger partial charge in [-0.25, -0.2) is 0 Å². The van der Waals surface area contributed by atoms with Crippen molar-refractivity contribution in [2.75, 3.05) is 14.2 Å². The van der Waals surface area contributed by atoms with Gasteiger partial charge in [0.25, 0.3) is 0 Å². The van der Waals surface area contributed by atoms with E-state index < -0.39 is 0 Å². The van der Waals surface area contributed by atoms with Gasteiger partial charge in [0.1, 0.15) is 5.75 Å². The first-order valence-electron chi connectivity index (χ1n) is 6.37. The van der Waals surface area contributed by atoms with Crippen molar-refractivity contribution in [3.63, 3.8) is 0 Å². The molecular weight excluding hydrogens is 226 g/mol. The van der Waals surface area contributed by atoms with Crippen LogP contribution in [0.3, 0.4) is 0 Å². The van der Waals surface area contributed by atoms with Gasteiger partial charge in [-0.3, -0.25) is 9.69 Å². The number of carbonyl (C=O) groups excluding carboxylic acids is 1. The van der Waals surface area contributed by atoms with Gasteiger partial charge in [0.2, 0.25) is 0 Å². The van der Waals surface area contributed by atoms with Crippen molar-refractivity contribution in [1.29, 1.82) is 0 Å². The Morgan fingerprint density at radius 2 is 2.11 bits per heavy atom. The number of Topliss-reactive ketones (excluding diaryl/α,β-unsaturated/α-hetero) is 1. The van der Waals surface area contributed by atoms with Crippen LogP contribution in [-0.2, 0) is 6.54 Å². The van der Waals surface area contributed by atoms with E-state index >= 15 is 0 Å². The van der Waals surface area contributed by atoms with Gasteiger partial charge in [-0.15, -0.1) is 0 Å². The standard InChI is InChI=1S/C15H23NO2/c1-6-11(2)16(4)10-14-9-13(12(3)17)7-8-15(14)18-5/h7-9,11H,6,10H2,1-5H3. The van der Waals surface area contributed by atoms with Crippen molar-refractivity contribution in [3.05, 3.63) is 29.3 Å². The van der Waals surface area contributed by atoms with E-state index in [0.29, 0.717) is 6.04 Å². The van der Waals surface area contributed by atoms with Gasteiger partial charge >= 0.3 is 0 Å². The molecular formula is C15H23NO2. The predicted octanol–water partition coefficient (Wildman–Crippen LogP) is 3.13. The molecule has 0 aromatic heterocycles. The number of methoxy groups -OCH3 is 1. The first-order chi connectivity index (χ1) is 8.49. The molecule has 0 spiro atoms. The van der Waals surface area contributed by atoms with E-state index in [4.69, 9.17) is 4.74 Å². The number of nitrogens with zero attached hydrogens (tertiary/aromatic N) is 1. The van der Waals surface area contributed by atoms with Gasteiger partial charge in [0.15, 0.2) is 5.78 Å². The second-order valence-electron chi connectivity index (χ2n) is 4.76. The number of hydrogen-bond donors (Lipinski definition) is 0. The zero-order valence-electron chi connectivity index (χ0n) is 12.0. The minimum Gasteiger partial charge on any atom is -0.496 e.